The van der Waals surface area contributed by atoms with Crippen molar-refractivity contribution in [1.82, 2.24) is 9.80 Å². The number of amides is 1. The maximum atomic E-state index is 12.0. The SMILES string of the molecule is CC(C)(C)OC(=O)N1CCCC(N2CCC2)C1. The smallest absolute Gasteiger partial charge is 0.410 e. The Bertz CT molecular complexity index is 282. The van der Waals surface area contributed by atoms with E-state index in [-0.39, 0.29) is 11.7 Å². The normalized spacial score (nSPS) is 26.5. The Hall–Kier alpha value is -0.770. The Morgan fingerprint density at radius 2 is 1.88 bits per heavy atom. The van der Waals surface area contributed by atoms with Crippen LogP contribution in [0.3, 0.4) is 0 Å². The number of carbonyl (C=O) groups is 1. The van der Waals surface area contributed by atoms with Crippen molar-refractivity contribution in [2.75, 3.05) is 26.2 Å². The molecule has 2 aliphatic heterocycles. The summed E-state index contributed by atoms with van der Waals surface area (Å²) in [7, 11) is 0. The van der Waals surface area contributed by atoms with Gasteiger partial charge in [-0.2, -0.15) is 0 Å². The van der Waals surface area contributed by atoms with Gasteiger partial charge in [-0.05, 0) is 53.1 Å². The van der Waals surface area contributed by atoms with Crippen molar-refractivity contribution in [1.29, 1.82) is 0 Å². The predicted octanol–water partition coefficient (Wildman–Crippen LogP) is 2.09. The summed E-state index contributed by atoms with van der Waals surface area (Å²) < 4.78 is 5.43. The highest BCUT2D eigenvalue weighted by Crippen LogP contribution is 2.22. The minimum atomic E-state index is -0.388. The summed E-state index contributed by atoms with van der Waals surface area (Å²) >= 11 is 0. The van der Waals surface area contributed by atoms with Crippen molar-refractivity contribution in [3.8, 4) is 0 Å². The number of likely N-dealkylation sites (tertiary alicyclic amines) is 2. The minimum absolute atomic E-state index is 0.150. The summed E-state index contributed by atoms with van der Waals surface area (Å²) in [6.45, 7) is 9.85. The van der Waals surface area contributed by atoms with Gasteiger partial charge in [-0.25, -0.2) is 4.79 Å². The minimum Gasteiger partial charge on any atom is -0.444 e. The van der Waals surface area contributed by atoms with Gasteiger partial charge in [-0.3, -0.25) is 4.90 Å². The zero-order chi connectivity index (χ0) is 12.5. The van der Waals surface area contributed by atoms with Crippen LogP contribution in [0.1, 0.15) is 40.0 Å². The average Bonchev–Trinajstić information content (AvgIpc) is 2.12. The molecule has 0 aromatic heterocycles. The van der Waals surface area contributed by atoms with E-state index in [9.17, 15) is 4.79 Å². The number of carbonyl (C=O) groups excluding carboxylic acids is 1. The molecule has 0 aliphatic carbocycles. The first-order valence-electron chi connectivity index (χ1n) is 6.68. The van der Waals surface area contributed by atoms with Gasteiger partial charge in [-0.15, -0.1) is 0 Å². The lowest BCUT2D eigenvalue weighted by atomic mass is 10.0. The summed E-state index contributed by atoms with van der Waals surface area (Å²) in [6, 6.07) is 0.560. The molecule has 0 saturated carbocycles. The van der Waals surface area contributed by atoms with E-state index in [2.05, 4.69) is 4.90 Å². The second-order valence-electron chi connectivity index (χ2n) is 6.11. The average molecular weight is 240 g/mol. The molecule has 98 valence electrons. The van der Waals surface area contributed by atoms with Crippen LogP contribution in [0.25, 0.3) is 0 Å². The van der Waals surface area contributed by atoms with Gasteiger partial charge in [0.2, 0.25) is 0 Å². The van der Waals surface area contributed by atoms with E-state index < -0.39 is 0 Å². The monoisotopic (exact) mass is 240 g/mol. The highest BCUT2D eigenvalue weighted by Gasteiger charge is 2.32. The molecule has 0 bridgehead atoms. The molecule has 2 saturated heterocycles. The van der Waals surface area contributed by atoms with Crippen LogP contribution >= 0.6 is 0 Å². The van der Waals surface area contributed by atoms with Crippen LogP contribution in [0.15, 0.2) is 0 Å². The number of piperidine rings is 1. The van der Waals surface area contributed by atoms with Crippen LogP contribution in [-0.4, -0.2) is 53.7 Å². The second kappa shape index (κ2) is 4.84. The molecule has 4 heteroatoms. The number of ether oxygens (including phenoxy) is 1. The third kappa shape index (κ3) is 3.35. The lowest BCUT2D eigenvalue weighted by Gasteiger charge is -2.43. The predicted molar refractivity (Wildman–Crippen MR) is 67.0 cm³/mol. The van der Waals surface area contributed by atoms with Crippen LogP contribution in [0.4, 0.5) is 4.79 Å². The van der Waals surface area contributed by atoms with E-state index >= 15 is 0 Å². The molecular formula is C13H24N2O2. The van der Waals surface area contributed by atoms with Gasteiger partial charge < -0.3 is 9.64 Å². The number of hydrogen-bond donors (Lipinski definition) is 0. The standard InChI is InChI=1S/C13H24N2O2/c1-13(2,3)17-12(16)15-7-4-6-11(10-15)14-8-5-9-14/h11H,4-10H2,1-3H3. The summed E-state index contributed by atoms with van der Waals surface area (Å²) in [5.41, 5.74) is -0.388. The van der Waals surface area contributed by atoms with Crippen molar-refractivity contribution >= 4 is 6.09 Å². The maximum absolute atomic E-state index is 12.0. The molecule has 0 radical (unpaired) electrons. The van der Waals surface area contributed by atoms with Gasteiger partial charge in [0.1, 0.15) is 5.60 Å². The van der Waals surface area contributed by atoms with E-state index in [1.54, 1.807) is 0 Å². The van der Waals surface area contributed by atoms with Crippen LogP contribution in [0.5, 0.6) is 0 Å². The third-order valence-corrected chi connectivity index (χ3v) is 3.46. The van der Waals surface area contributed by atoms with Gasteiger partial charge in [-0.1, -0.05) is 0 Å². The fraction of sp³-hybridized carbons (Fsp3) is 0.923. The van der Waals surface area contributed by atoms with Crippen molar-refractivity contribution in [2.24, 2.45) is 0 Å². The van der Waals surface area contributed by atoms with Crippen molar-refractivity contribution in [2.45, 2.75) is 51.7 Å². The molecule has 2 heterocycles. The summed E-state index contributed by atoms with van der Waals surface area (Å²) in [4.78, 5) is 16.3. The van der Waals surface area contributed by atoms with E-state index in [0.29, 0.717) is 6.04 Å². The summed E-state index contributed by atoms with van der Waals surface area (Å²) in [6.07, 6.45) is 3.48. The first kappa shape index (κ1) is 12.7. The lowest BCUT2D eigenvalue weighted by Crippen LogP contribution is -2.54. The molecule has 0 N–H and O–H groups in total. The Labute approximate surface area is 104 Å². The first-order chi connectivity index (χ1) is 7.96. The van der Waals surface area contributed by atoms with Crippen LogP contribution < -0.4 is 0 Å². The maximum Gasteiger partial charge on any atom is 0.410 e. The van der Waals surface area contributed by atoms with E-state index in [1.807, 2.05) is 25.7 Å². The van der Waals surface area contributed by atoms with Crippen molar-refractivity contribution in [3.63, 3.8) is 0 Å². The Kier molecular flexibility index (Phi) is 3.61. The molecule has 1 amide bonds. The second-order valence-corrected chi connectivity index (χ2v) is 6.11. The largest absolute Gasteiger partial charge is 0.444 e. The highest BCUT2D eigenvalue weighted by atomic mass is 16.6. The Morgan fingerprint density at radius 3 is 2.41 bits per heavy atom. The topological polar surface area (TPSA) is 32.8 Å². The zero-order valence-corrected chi connectivity index (χ0v) is 11.2. The van der Waals surface area contributed by atoms with Gasteiger partial charge in [0.05, 0.1) is 0 Å². The molecule has 1 atom stereocenters. The lowest BCUT2D eigenvalue weighted by molar-refractivity contribution is 0.00354. The third-order valence-electron chi connectivity index (χ3n) is 3.46. The summed E-state index contributed by atoms with van der Waals surface area (Å²) in [5, 5.41) is 0. The molecule has 1 unspecified atom stereocenters. The van der Waals surface area contributed by atoms with Gasteiger partial charge in [0, 0.05) is 19.1 Å². The number of hydrogen-bond acceptors (Lipinski definition) is 3. The molecular weight excluding hydrogens is 216 g/mol. The molecule has 17 heavy (non-hydrogen) atoms. The van der Waals surface area contributed by atoms with Gasteiger partial charge in [0.25, 0.3) is 0 Å². The van der Waals surface area contributed by atoms with Crippen molar-refractivity contribution in [3.05, 3.63) is 0 Å². The molecule has 0 aromatic rings. The van der Waals surface area contributed by atoms with E-state index in [4.69, 9.17) is 4.74 Å². The summed E-state index contributed by atoms with van der Waals surface area (Å²) in [5.74, 6) is 0. The molecule has 2 aliphatic rings. The number of rotatable bonds is 1. The van der Waals surface area contributed by atoms with E-state index in [1.165, 1.54) is 25.9 Å². The van der Waals surface area contributed by atoms with Crippen LogP contribution in [0.2, 0.25) is 0 Å². The fourth-order valence-corrected chi connectivity index (χ4v) is 2.45. The molecule has 4 nitrogen and oxygen atoms in total. The molecule has 0 aromatic carbocycles. The molecule has 2 rings (SSSR count). The molecule has 0 spiro atoms. The Balaban J connectivity index is 1.85. The Morgan fingerprint density at radius 1 is 1.18 bits per heavy atom. The van der Waals surface area contributed by atoms with Crippen molar-refractivity contribution < 1.29 is 9.53 Å². The van der Waals surface area contributed by atoms with Crippen LogP contribution in [0, 0.1) is 0 Å². The molecule has 2 fully saturated rings. The van der Waals surface area contributed by atoms with Gasteiger partial charge >= 0.3 is 6.09 Å². The quantitative estimate of drug-likeness (QED) is 0.703. The zero-order valence-electron chi connectivity index (χ0n) is 11.2. The van der Waals surface area contributed by atoms with Gasteiger partial charge in [0.15, 0.2) is 0 Å². The fourth-order valence-electron chi connectivity index (χ4n) is 2.45. The van der Waals surface area contributed by atoms with E-state index in [0.717, 1.165) is 19.5 Å². The number of nitrogens with zero attached hydrogens (tertiary/aromatic N) is 2. The van der Waals surface area contributed by atoms with Crippen LogP contribution in [-0.2, 0) is 4.74 Å². The first-order valence-corrected chi connectivity index (χ1v) is 6.68. The highest BCUT2D eigenvalue weighted by molar-refractivity contribution is 5.68.